The van der Waals surface area contributed by atoms with Crippen LogP contribution in [0.2, 0.25) is 0 Å². The minimum atomic E-state index is 0.393. The maximum absolute atomic E-state index is 5.88. The molecule has 0 aromatic carbocycles. The van der Waals surface area contributed by atoms with E-state index in [0.717, 1.165) is 13.1 Å². The predicted molar refractivity (Wildman–Crippen MR) is 68.5 cm³/mol. The van der Waals surface area contributed by atoms with Gasteiger partial charge in [-0.15, -0.1) is 0 Å². The van der Waals surface area contributed by atoms with Crippen LogP contribution in [-0.4, -0.2) is 43.8 Å². The molecule has 3 atom stereocenters. The van der Waals surface area contributed by atoms with E-state index in [1.807, 2.05) is 7.11 Å². The normalized spacial score (nSPS) is 29.2. The van der Waals surface area contributed by atoms with Crippen LogP contribution in [0.25, 0.3) is 0 Å². The summed E-state index contributed by atoms with van der Waals surface area (Å²) in [6.07, 6.45) is 5.41. The Labute approximate surface area is 100 Å². The first-order chi connectivity index (χ1) is 7.72. The average molecular weight is 228 g/mol. The van der Waals surface area contributed by atoms with Gasteiger partial charge in [-0.05, 0) is 25.3 Å². The lowest BCUT2D eigenvalue weighted by Gasteiger charge is -2.40. The van der Waals surface area contributed by atoms with Gasteiger partial charge in [-0.1, -0.05) is 26.7 Å². The van der Waals surface area contributed by atoms with Gasteiger partial charge in [0, 0.05) is 26.2 Å². The summed E-state index contributed by atoms with van der Waals surface area (Å²) in [6, 6.07) is 0.560. The zero-order valence-corrected chi connectivity index (χ0v) is 11.1. The summed E-state index contributed by atoms with van der Waals surface area (Å²) < 4.78 is 5.55. The quantitative estimate of drug-likeness (QED) is 0.754. The van der Waals surface area contributed by atoms with Gasteiger partial charge < -0.3 is 10.5 Å². The molecule has 1 fully saturated rings. The van der Waals surface area contributed by atoms with E-state index in [2.05, 4.69) is 18.7 Å². The lowest BCUT2D eigenvalue weighted by atomic mass is 9.94. The molecule has 1 saturated heterocycles. The molecule has 96 valence electrons. The Hall–Kier alpha value is -0.120. The van der Waals surface area contributed by atoms with Gasteiger partial charge in [0.2, 0.25) is 0 Å². The van der Waals surface area contributed by atoms with Crippen molar-refractivity contribution in [3.05, 3.63) is 0 Å². The molecule has 0 aromatic heterocycles. The maximum atomic E-state index is 5.88. The number of rotatable bonds is 6. The Balaban J connectivity index is 2.45. The zero-order chi connectivity index (χ0) is 12.0. The smallest absolute Gasteiger partial charge is 0.0724 e. The van der Waals surface area contributed by atoms with Crippen LogP contribution in [0.15, 0.2) is 0 Å². The molecule has 1 heterocycles. The minimum Gasteiger partial charge on any atom is -0.380 e. The molecule has 1 aliphatic rings. The minimum absolute atomic E-state index is 0.393. The van der Waals surface area contributed by atoms with E-state index in [9.17, 15) is 0 Å². The molecular weight excluding hydrogens is 200 g/mol. The Morgan fingerprint density at radius 2 is 2.25 bits per heavy atom. The second-order valence-corrected chi connectivity index (χ2v) is 5.07. The second-order valence-electron chi connectivity index (χ2n) is 5.07. The van der Waals surface area contributed by atoms with Crippen LogP contribution in [0.3, 0.4) is 0 Å². The molecule has 0 saturated carbocycles. The number of ether oxygens (including phenoxy) is 1. The monoisotopic (exact) mass is 228 g/mol. The summed E-state index contributed by atoms with van der Waals surface area (Å²) in [5.41, 5.74) is 5.88. The summed E-state index contributed by atoms with van der Waals surface area (Å²) in [5, 5.41) is 0. The topological polar surface area (TPSA) is 38.5 Å². The largest absolute Gasteiger partial charge is 0.380 e. The summed E-state index contributed by atoms with van der Waals surface area (Å²) in [7, 11) is 1.83. The highest BCUT2D eigenvalue weighted by atomic mass is 16.5. The van der Waals surface area contributed by atoms with Crippen molar-refractivity contribution in [2.24, 2.45) is 11.7 Å². The van der Waals surface area contributed by atoms with Crippen molar-refractivity contribution in [2.75, 3.05) is 26.7 Å². The molecule has 16 heavy (non-hydrogen) atoms. The standard InChI is InChI=1S/C13H28N2O/c1-4-5-6-12(9-14)15-8-7-11(2)13(10-15)16-3/h11-13H,4-10,14H2,1-3H3. The number of nitrogens with zero attached hydrogens (tertiary/aromatic N) is 1. The number of hydrogen-bond donors (Lipinski definition) is 1. The van der Waals surface area contributed by atoms with Gasteiger partial charge in [0.1, 0.15) is 0 Å². The van der Waals surface area contributed by atoms with Crippen molar-refractivity contribution in [1.29, 1.82) is 0 Å². The Kier molecular flexibility index (Phi) is 6.32. The molecule has 0 aliphatic carbocycles. The first-order valence-electron chi connectivity index (χ1n) is 6.69. The molecular formula is C13H28N2O. The van der Waals surface area contributed by atoms with Crippen LogP contribution in [0.4, 0.5) is 0 Å². The van der Waals surface area contributed by atoms with Gasteiger partial charge in [-0.25, -0.2) is 0 Å². The fourth-order valence-corrected chi connectivity index (χ4v) is 2.59. The molecule has 3 unspecified atom stereocenters. The van der Waals surface area contributed by atoms with Gasteiger partial charge in [-0.3, -0.25) is 4.90 Å². The van der Waals surface area contributed by atoms with Crippen LogP contribution < -0.4 is 5.73 Å². The molecule has 0 amide bonds. The molecule has 0 radical (unpaired) electrons. The third-order valence-corrected chi connectivity index (χ3v) is 3.90. The molecule has 0 spiro atoms. The fraction of sp³-hybridized carbons (Fsp3) is 1.00. The van der Waals surface area contributed by atoms with Crippen LogP contribution in [0, 0.1) is 5.92 Å². The first-order valence-corrected chi connectivity index (χ1v) is 6.69. The van der Waals surface area contributed by atoms with E-state index in [1.165, 1.54) is 32.2 Å². The van der Waals surface area contributed by atoms with Crippen molar-refractivity contribution in [2.45, 2.75) is 51.7 Å². The zero-order valence-electron chi connectivity index (χ0n) is 11.1. The van der Waals surface area contributed by atoms with Crippen molar-refractivity contribution in [1.82, 2.24) is 4.90 Å². The van der Waals surface area contributed by atoms with E-state index in [1.54, 1.807) is 0 Å². The second kappa shape index (κ2) is 7.25. The van der Waals surface area contributed by atoms with E-state index in [0.29, 0.717) is 18.1 Å². The van der Waals surface area contributed by atoms with E-state index < -0.39 is 0 Å². The molecule has 0 bridgehead atoms. The van der Waals surface area contributed by atoms with E-state index in [4.69, 9.17) is 10.5 Å². The number of hydrogen-bond acceptors (Lipinski definition) is 3. The van der Waals surface area contributed by atoms with Crippen molar-refractivity contribution >= 4 is 0 Å². The first kappa shape index (κ1) is 13.9. The maximum Gasteiger partial charge on any atom is 0.0724 e. The summed E-state index contributed by atoms with van der Waals surface area (Å²) in [5.74, 6) is 0.686. The van der Waals surface area contributed by atoms with Gasteiger partial charge >= 0.3 is 0 Å². The van der Waals surface area contributed by atoms with Crippen LogP contribution in [-0.2, 0) is 4.74 Å². The van der Waals surface area contributed by atoms with Crippen molar-refractivity contribution in [3.8, 4) is 0 Å². The van der Waals surface area contributed by atoms with Gasteiger partial charge in [0.25, 0.3) is 0 Å². The van der Waals surface area contributed by atoms with Crippen LogP contribution >= 0.6 is 0 Å². The SMILES string of the molecule is CCCCC(CN)N1CCC(C)C(OC)C1. The van der Waals surface area contributed by atoms with E-state index in [-0.39, 0.29) is 0 Å². The lowest BCUT2D eigenvalue weighted by Crippen LogP contribution is -2.50. The van der Waals surface area contributed by atoms with Gasteiger partial charge in [0.05, 0.1) is 6.10 Å². The average Bonchev–Trinajstić information content (AvgIpc) is 2.32. The third kappa shape index (κ3) is 3.72. The van der Waals surface area contributed by atoms with Gasteiger partial charge in [-0.2, -0.15) is 0 Å². The van der Waals surface area contributed by atoms with Crippen molar-refractivity contribution < 1.29 is 4.74 Å². The number of nitrogens with two attached hydrogens (primary N) is 1. The molecule has 0 aromatic rings. The number of piperidine rings is 1. The number of likely N-dealkylation sites (tertiary alicyclic amines) is 1. The number of methoxy groups -OCH3 is 1. The summed E-state index contributed by atoms with van der Waals surface area (Å²) >= 11 is 0. The molecule has 3 heteroatoms. The molecule has 1 aliphatic heterocycles. The fourth-order valence-electron chi connectivity index (χ4n) is 2.59. The predicted octanol–water partition coefficient (Wildman–Crippen LogP) is 1.86. The highest BCUT2D eigenvalue weighted by Crippen LogP contribution is 2.22. The highest BCUT2D eigenvalue weighted by molar-refractivity contribution is 4.83. The van der Waals surface area contributed by atoms with Gasteiger partial charge in [0.15, 0.2) is 0 Å². The summed E-state index contributed by atoms with van der Waals surface area (Å²) in [6.45, 7) is 7.56. The Morgan fingerprint density at radius 3 is 2.81 bits per heavy atom. The third-order valence-electron chi connectivity index (χ3n) is 3.90. The molecule has 1 rings (SSSR count). The lowest BCUT2D eigenvalue weighted by molar-refractivity contribution is -0.0191. The van der Waals surface area contributed by atoms with E-state index >= 15 is 0 Å². The molecule has 3 nitrogen and oxygen atoms in total. The van der Waals surface area contributed by atoms with Crippen molar-refractivity contribution in [3.63, 3.8) is 0 Å². The van der Waals surface area contributed by atoms with Crippen LogP contribution in [0.5, 0.6) is 0 Å². The Morgan fingerprint density at radius 1 is 1.50 bits per heavy atom. The van der Waals surface area contributed by atoms with Crippen LogP contribution in [0.1, 0.15) is 39.5 Å². The Bertz CT molecular complexity index is 187. The summed E-state index contributed by atoms with van der Waals surface area (Å²) in [4.78, 5) is 2.53. The molecule has 2 N–H and O–H groups in total. The number of unbranched alkanes of at least 4 members (excludes halogenated alkanes) is 1. The highest BCUT2D eigenvalue weighted by Gasteiger charge is 2.29.